The van der Waals surface area contributed by atoms with Gasteiger partial charge in [0.05, 0.1) is 0 Å². The molecule has 1 aliphatic carbocycles. The first-order valence-electron chi connectivity index (χ1n) is 10.2. The Hall–Kier alpha value is -3.54. The van der Waals surface area contributed by atoms with Gasteiger partial charge in [0.15, 0.2) is 4.33 Å². The molecule has 1 unspecified atom stereocenters. The molecule has 0 saturated heterocycles. The lowest BCUT2D eigenvalue weighted by molar-refractivity contribution is -0.274. The van der Waals surface area contributed by atoms with E-state index in [0.717, 1.165) is 17.7 Å². The molecule has 36 heavy (non-hydrogen) atoms. The summed E-state index contributed by atoms with van der Waals surface area (Å²) in [5.41, 5.74) is 1.11. The summed E-state index contributed by atoms with van der Waals surface area (Å²) >= 11 is 12.0. The lowest BCUT2D eigenvalue weighted by Gasteiger charge is -2.23. The molecule has 0 aliphatic heterocycles. The molecule has 4 rings (SSSR count). The summed E-state index contributed by atoms with van der Waals surface area (Å²) in [4.78, 5) is 16.4. The minimum Gasteiger partial charge on any atom is -0.457 e. The molecule has 1 atom stereocenters. The standard InChI is InChI=1S/C23H16Cl2F3N3O5/c24-22(25)11-14(3-10-18(22)32)19-30-21(36-31-19)20(33)29-12-13-1-4-15(5-2-13)34-16-6-8-17(9-7-16)35-23(26,27)28/h1-11,18,32H,12H2,(H,29,33). The summed E-state index contributed by atoms with van der Waals surface area (Å²) in [5, 5.41) is 16.1. The van der Waals surface area contributed by atoms with Crippen molar-refractivity contribution in [3.63, 3.8) is 0 Å². The van der Waals surface area contributed by atoms with Crippen molar-refractivity contribution in [2.45, 2.75) is 23.3 Å². The molecule has 13 heteroatoms. The second-order valence-corrected chi connectivity index (χ2v) is 8.89. The van der Waals surface area contributed by atoms with Crippen LogP contribution >= 0.6 is 23.2 Å². The van der Waals surface area contributed by atoms with Gasteiger partial charge < -0.3 is 24.4 Å². The number of rotatable bonds is 7. The van der Waals surface area contributed by atoms with Gasteiger partial charge >= 0.3 is 18.2 Å². The fraction of sp³-hybridized carbons (Fsp3) is 0.174. The van der Waals surface area contributed by atoms with Crippen LogP contribution in [0.2, 0.25) is 0 Å². The van der Waals surface area contributed by atoms with Crippen molar-refractivity contribution in [2.24, 2.45) is 0 Å². The van der Waals surface area contributed by atoms with Gasteiger partial charge in [-0.25, -0.2) is 0 Å². The van der Waals surface area contributed by atoms with Crippen molar-refractivity contribution in [1.29, 1.82) is 0 Å². The molecule has 0 radical (unpaired) electrons. The maximum atomic E-state index is 12.4. The smallest absolute Gasteiger partial charge is 0.457 e. The van der Waals surface area contributed by atoms with E-state index in [1.807, 2.05) is 0 Å². The number of aromatic nitrogens is 2. The van der Waals surface area contributed by atoms with E-state index < -0.39 is 22.7 Å². The SMILES string of the molecule is O=C(NCc1ccc(Oc2ccc(OC(F)(F)F)cc2)cc1)c1nc(C2=CC(Cl)(Cl)C(O)C=C2)no1. The van der Waals surface area contributed by atoms with E-state index in [9.17, 15) is 23.1 Å². The molecule has 8 nitrogen and oxygen atoms in total. The number of carbonyl (C=O) groups is 1. The molecule has 3 aromatic rings. The first-order valence-corrected chi connectivity index (χ1v) is 11.0. The van der Waals surface area contributed by atoms with Crippen LogP contribution < -0.4 is 14.8 Å². The number of hydrogen-bond donors (Lipinski definition) is 2. The van der Waals surface area contributed by atoms with E-state index in [-0.39, 0.29) is 24.0 Å². The molecular formula is C23H16Cl2F3N3O5. The third-order valence-electron chi connectivity index (χ3n) is 4.75. The van der Waals surface area contributed by atoms with Crippen LogP contribution in [0.5, 0.6) is 17.2 Å². The topological polar surface area (TPSA) is 107 Å². The van der Waals surface area contributed by atoms with E-state index in [4.69, 9.17) is 32.5 Å². The summed E-state index contributed by atoms with van der Waals surface area (Å²) in [7, 11) is 0. The monoisotopic (exact) mass is 541 g/mol. The Morgan fingerprint density at radius 3 is 2.31 bits per heavy atom. The second-order valence-electron chi connectivity index (χ2n) is 7.45. The Morgan fingerprint density at radius 2 is 1.69 bits per heavy atom. The Labute approximate surface area is 211 Å². The number of nitrogens with one attached hydrogen (secondary N) is 1. The van der Waals surface area contributed by atoms with Crippen LogP contribution in [0.25, 0.3) is 5.57 Å². The van der Waals surface area contributed by atoms with Gasteiger partial charge in [-0.3, -0.25) is 4.79 Å². The summed E-state index contributed by atoms with van der Waals surface area (Å²) < 4.78 is 49.6. The predicted octanol–water partition coefficient (Wildman–Crippen LogP) is 5.18. The molecule has 2 aromatic carbocycles. The average Bonchev–Trinajstić information content (AvgIpc) is 3.31. The number of ether oxygens (including phenoxy) is 2. The van der Waals surface area contributed by atoms with E-state index >= 15 is 0 Å². The van der Waals surface area contributed by atoms with Gasteiger partial charge in [0.2, 0.25) is 5.82 Å². The summed E-state index contributed by atoms with van der Waals surface area (Å²) in [6, 6.07) is 11.6. The fourth-order valence-corrected chi connectivity index (χ4v) is 3.40. The Balaban J connectivity index is 1.31. The highest BCUT2D eigenvalue weighted by molar-refractivity contribution is 6.51. The number of alkyl halides is 5. The molecule has 1 amide bonds. The van der Waals surface area contributed by atoms with Crippen LogP contribution in [0, 0.1) is 0 Å². The highest BCUT2D eigenvalue weighted by Crippen LogP contribution is 2.35. The highest BCUT2D eigenvalue weighted by atomic mass is 35.5. The number of halogens is 5. The van der Waals surface area contributed by atoms with Crippen molar-refractivity contribution in [3.8, 4) is 17.2 Å². The third kappa shape index (κ3) is 6.56. The van der Waals surface area contributed by atoms with Gasteiger partial charge in [0.1, 0.15) is 23.4 Å². The van der Waals surface area contributed by atoms with Crippen molar-refractivity contribution in [3.05, 3.63) is 84.0 Å². The number of aliphatic hydroxyl groups excluding tert-OH is 1. The lowest BCUT2D eigenvalue weighted by atomic mass is 10.0. The zero-order chi connectivity index (χ0) is 25.9. The quantitative estimate of drug-likeness (QED) is 0.397. The van der Waals surface area contributed by atoms with E-state index in [0.29, 0.717) is 17.1 Å². The zero-order valence-corrected chi connectivity index (χ0v) is 19.5. The Bertz CT molecular complexity index is 1290. The third-order valence-corrected chi connectivity index (χ3v) is 5.41. The maximum Gasteiger partial charge on any atom is 0.573 e. The number of amides is 1. The van der Waals surface area contributed by atoms with Crippen molar-refractivity contribution in [1.82, 2.24) is 15.5 Å². The van der Waals surface area contributed by atoms with Crippen LogP contribution in [0.3, 0.4) is 0 Å². The minimum absolute atomic E-state index is 0.0773. The predicted molar refractivity (Wildman–Crippen MR) is 123 cm³/mol. The summed E-state index contributed by atoms with van der Waals surface area (Å²) in [6.07, 6.45) is -1.64. The number of nitrogens with zero attached hydrogens (tertiary/aromatic N) is 2. The van der Waals surface area contributed by atoms with Gasteiger partial charge in [-0.2, -0.15) is 4.98 Å². The average molecular weight is 542 g/mol. The van der Waals surface area contributed by atoms with E-state index in [2.05, 4.69) is 20.2 Å². The summed E-state index contributed by atoms with van der Waals surface area (Å²) in [6.45, 7) is 0.140. The molecule has 2 N–H and O–H groups in total. The molecule has 0 saturated carbocycles. The molecule has 1 heterocycles. The Kier molecular flexibility index (Phi) is 7.25. The van der Waals surface area contributed by atoms with Crippen molar-refractivity contribution < 1.29 is 37.1 Å². The number of aliphatic hydroxyl groups is 1. The second kappa shape index (κ2) is 10.2. The van der Waals surface area contributed by atoms with Gasteiger partial charge in [-0.05, 0) is 48.0 Å². The highest BCUT2D eigenvalue weighted by Gasteiger charge is 2.33. The molecule has 0 spiro atoms. The van der Waals surface area contributed by atoms with Gasteiger partial charge in [-0.15, -0.1) is 13.2 Å². The van der Waals surface area contributed by atoms with Crippen LogP contribution in [0.4, 0.5) is 13.2 Å². The molecule has 0 bridgehead atoms. The van der Waals surface area contributed by atoms with Crippen LogP contribution in [0.15, 0.2) is 71.3 Å². The van der Waals surface area contributed by atoms with E-state index in [1.165, 1.54) is 30.4 Å². The largest absolute Gasteiger partial charge is 0.573 e. The number of allylic oxidation sites excluding steroid dienone is 2. The van der Waals surface area contributed by atoms with Gasteiger partial charge in [-0.1, -0.05) is 52.6 Å². The minimum atomic E-state index is -4.77. The van der Waals surface area contributed by atoms with Crippen LogP contribution in [-0.4, -0.2) is 38.0 Å². The van der Waals surface area contributed by atoms with Crippen molar-refractivity contribution in [2.75, 3.05) is 0 Å². The number of benzene rings is 2. The molecule has 1 aromatic heterocycles. The lowest BCUT2D eigenvalue weighted by Crippen LogP contribution is -2.29. The number of hydrogen-bond acceptors (Lipinski definition) is 7. The fourth-order valence-electron chi connectivity index (χ4n) is 3.01. The zero-order valence-electron chi connectivity index (χ0n) is 18.0. The van der Waals surface area contributed by atoms with Crippen molar-refractivity contribution >= 4 is 34.7 Å². The van der Waals surface area contributed by atoms with Gasteiger partial charge in [0, 0.05) is 12.1 Å². The maximum absolute atomic E-state index is 12.4. The molecule has 188 valence electrons. The molecular weight excluding hydrogens is 526 g/mol. The summed E-state index contributed by atoms with van der Waals surface area (Å²) in [5.74, 6) is -0.419. The van der Waals surface area contributed by atoms with Gasteiger partial charge in [0.25, 0.3) is 0 Å². The molecule has 0 fully saturated rings. The normalized spacial score (nSPS) is 16.8. The molecule has 1 aliphatic rings. The first-order chi connectivity index (χ1) is 17.0. The van der Waals surface area contributed by atoms with Crippen LogP contribution in [0.1, 0.15) is 22.1 Å². The first kappa shape index (κ1) is 25.5. The Morgan fingerprint density at radius 1 is 1.08 bits per heavy atom. The number of carbonyl (C=O) groups excluding carboxylic acids is 1. The van der Waals surface area contributed by atoms with Crippen LogP contribution in [-0.2, 0) is 6.54 Å². The van der Waals surface area contributed by atoms with E-state index in [1.54, 1.807) is 24.3 Å².